The van der Waals surface area contributed by atoms with E-state index in [4.69, 9.17) is 0 Å². The van der Waals surface area contributed by atoms with Gasteiger partial charge in [0.25, 0.3) is 6.43 Å². The van der Waals surface area contributed by atoms with Crippen LogP contribution in [0.2, 0.25) is 0 Å². The van der Waals surface area contributed by atoms with Gasteiger partial charge in [-0.3, -0.25) is 0 Å². The molecule has 1 N–H and O–H groups in total. The van der Waals surface area contributed by atoms with Crippen molar-refractivity contribution in [2.75, 3.05) is 0 Å². The Labute approximate surface area is 174 Å². The molecule has 30 heavy (non-hydrogen) atoms. The van der Waals surface area contributed by atoms with Gasteiger partial charge >= 0.3 is 5.25 Å². The average molecular weight is 469 g/mol. The minimum atomic E-state index is -5.41. The van der Waals surface area contributed by atoms with Gasteiger partial charge in [-0.15, -0.1) is 0 Å². The Balaban J connectivity index is 2.71. The third-order valence-electron chi connectivity index (χ3n) is 4.13. The molecule has 0 aromatic heterocycles. The SMILES string of the molecule is CC(C)(C)S(=O)NC(c1cccc(C(F)F)c1F)C(F)(F)S(=O)(=O)c1ccccc1. The monoisotopic (exact) mass is 469 g/mol. The number of nitrogens with one attached hydrogen (secondary N) is 1. The highest BCUT2D eigenvalue weighted by molar-refractivity contribution is 7.92. The maximum atomic E-state index is 15.4. The highest BCUT2D eigenvalue weighted by atomic mass is 32.2. The lowest BCUT2D eigenvalue weighted by Gasteiger charge is -2.30. The predicted octanol–water partition coefficient (Wildman–Crippen LogP) is 4.92. The minimum Gasteiger partial charge on any atom is -0.242 e. The second-order valence-electron chi connectivity index (χ2n) is 7.36. The lowest BCUT2D eigenvalue weighted by atomic mass is 10.0. The molecule has 0 saturated heterocycles. The summed E-state index contributed by atoms with van der Waals surface area (Å²) >= 11 is 0. The molecule has 2 aromatic rings. The summed E-state index contributed by atoms with van der Waals surface area (Å²) in [7, 11) is -7.69. The predicted molar refractivity (Wildman–Crippen MR) is 104 cm³/mol. The standard InChI is InChI=1S/C19H20F5NO3S2/c1-18(2,3)29(26)25-16(13-10-7-11-14(15(13)20)17(21)22)19(23,24)30(27,28)12-8-5-4-6-9-12/h4-11,16-17,25H,1-3H3. The van der Waals surface area contributed by atoms with Crippen LogP contribution in [0.25, 0.3) is 0 Å². The Morgan fingerprint density at radius 1 is 0.933 bits per heavy atom. The molecule has 0 aliphatic carbocycles. The van der Waals surface area contributed by atoms with Crippen molar-refractivity contribution in [2.45, 2.75) is 48.1 Å². The number of sulfone groups is 1. The number of hydrogen-bond acceptors (Lipinski definition) is 3. The van der Waals surface area contributed by atoms with Crippen molar-refractivity contribution < 1.29 is 34.6 Å². The van der Waals surface area contributed by atoms with Gasteiger partial charge in [0.1, 0.15) is 11.9 Å². The molecule has 2 unspecified atom stereocenters. The van der Waals surface area contributed by atoms with E-state index >= 15 is 8.78 Å². The van der Waals surface area contributed by atoms with Crippen molar-refractivity contribution in [2.24, 2.45) is 0 Å². The molecular weight excluding hydrogens is 449 g/mol. The quantitative estimate of drug-likeness (QED) is 0.586. The molecule has 0 spiro atoms. The van der Waals surface area contributed by atoms with Gasteiger partial charge in [-0.2, -0.15) is 8.78 Å². The van der Waals surface area contributed by atoms with Gasteiger partial charge in [0.05, 0.1) is 26.2 Å². The summed E-state index contributed by atoms with van der Waals surface area (Å²) < 4.78 is 110. The Bertz CT molecular complexity index is 1020. The van der Waals surface area contributed by atoms with E-state index in [1.807, 2.05) is 4.72 Å². The van der Waals surface area contributed by atoms with Crippen LogP contribution < -0.4 is 4.72 Å². The maximum absolute atomic E-state index is 15.4. The van der Waals surface area contributed by atoms with Crippen LogP contribution in [0.5, 0.6) is 0 Å². The van der Waals surface area contributed by atoms with E-state index in [0.717, 1.165) is 24.3 Å². The second kappa shape index (κ2) is 8.72. The van der Waals surface area contributed by atoms with Gasteiger partial charge in [0.2, 0.25) is 9.84 Å². The zero-order chi connectivity index (χ0) is 22.9. The summed E-state index contributed by atoms with van der Waals surface area (Å²) in [5.74, 6) is -1.70. The summed E-state index contributed by atoms with van der Waals surface area (Å²) in [5.41, 5.74) is -2.20. The molecule has 2 atom stereocenters. The fraction of sp³-hybridized carbons (Fsp3) is 0.368. The molecule has 2 rings (SSSR count). The zero-order valence-electron chi connectivity index (χ0n) is 16.2. The van der Waals surface area contributed by atoms with Gasteiger partial charge in [-0.05, 0) is 32.9 Å². The number of halogens is 5. The van der Waals surface area contributed by atoms with E-state index in [1.54, 1.807) is 0 Å². The first-order chi connectivity index (χ1) is 13.7. The molecule has 0 amide bonds. The lowest BCUT2D eigenvalue weighted by Crippen LogP contribution is -2.47. The van der Waals surface area contributed by atoms with Crippen molar-refractivity contribution >= 4 is 20.8 Å². The average Bonchev–Trinajstić information content (AvgIpc) is 2.65. The van der Waals surface area contributed by atoms with Crippen LogP contribution in [0.15, 0.2) is 53.4 Å². The fourth-order valence-electron chi connectivity index (χ4n) is 2.47. The molecule has 4 nitrogen and oxygen atoms in total. The van der Waals surface area contributed by atoms with Crippen molar-refractivity contribution in [3.8, 4) is 0 Å². The van der Waals surface area contributed by atoms with E-state index < -0.39 is 65.1 Å². The first kappa shape index (κ1) is 24.4. The van der Waals surface area contributed by atoms with Gasteiger partial charge in [0, 0.05) is 5.56 Å². The highest BCUT2D eigenvalue weighted by Crippen LogP contribution is 2.42. The molecule has 0 aliphatic rings. The molecule has 166 valence electrons. The summed E-state index contributed by atoms with van der Waals surface area (Å²) in [5, 5.41) is -4.73. The summed E-state index contributed by atoms with van der Waals surface area (Å²) in [4.78, 5) is -0.756. The van der Waals surface area contributed by atoms with E-state index in [1.165, 1.54) is 39.0 Å². The molecule has 0 bridgehead atoms. The summed E-state index contributed by atoms with van der Waals surface area (Å²) in [6.07, 6.45) is -3.32. The van der Waals surface area contributed by atoms with E-state index in [9.17, 15) is 25.8 Å². The molecule has 2 aromatic carbocycles. The molecule has 0 radical (unpaired) electrons. The van der Waals surface area contributed by atoms with E-state index in [0.29, 0.717) is 6.07 Å². The van der Waals surface area contributed by atoms with Crippen molar-refractivity contribution in [1.82, 2.24) is 4.72 Å². The van der Waals surface area contributed by atoms with E-state index in [-0.39, 0.29) is 0 Å². The van der Waals surface area contributed by atoms with Gasteiger partial charge in [0.15, 0.2) is 0 Å². The smallest absolute Gasteiger partial charge is 0.242 e. The molecule has 0 fully saturated rings. The number of rotatable bonds is 7. The van der Waals surface area contributed by atoms with Crippen molar-refractivity contribution in [1.29, 1.82) is 0 Å². The molecular formula is C19H20F5NO3S2. The minimum absolute atomic E-state index is 0.700. The fourth-order valence-corrected chi connectivity index (χ4v) is 4.71. The van der Waals surface area contributed by atoms with Crippen molar-refractivity contribution in [3.63, 3.8) is 0 Å². The Morgan fingerprint density at radius 2 is 1.47 bits per heavy atom. The van der Waals surface area contributed by atoms with Crippen LogP contribution in [-0.2, 0) is 20.8 Å². The number of benzene rings is 2. The summed E-state index contributed by atoms with van der Waals surface area (Å²) in [6, 6.07) is 5.36. The van der Waals surface area contributed by atoms with Gasteiger partial charge in [-0.25, -0.2) is 30.5 Å². The first-order valence-corrected chi connectivity index (χ1v) is 11.3. The Morgan fingerprint density at radius 3 is 1.97 bits per heavy atom. The molecule has 0 saturated carbocycles. The molecule has 0 aliphatic heterocycles. The number of hydrogen-bond donors (Lipinski definition) is 1. The third-order valence-corrected chi connectivity index (χ3v) is 7.54. The normalized spacial score (nSPS) is 15.2. The third kappa shape index (κ3) is 4.73. The zero-order valence-corrected chi connectivity index (χ0v) is 17.8. The van der Waals surface area contributed by atoms with Crippen LogP contribution >= 0.6 is 0 Å². The number of alkyl halides is 4. The Hall–Kier alpha value is -1.85. The van der Waals surface area contributed by atoms with Crippen LogP contribution in [0.4, 0.5) is 22.0 Å². The topological polar surface area (TPSA) is 63.2 Å². The van der Waals surface area contributed by atoms with Gasteiger partial charge in [-0.1, -0.05) is 36.4 Å². The Kier molecular flexibility index (Phi) is 7.10. The molecule has 0 heterocycles. The first-order valence-electron chi connectivity index (χ1n) is 8.63. The summed E-state index contributed by atoms with van der Waals surface area (Å²) in [6.45, 7) is 4.26. The molecule has 11 heteroatoms. The highest BCUT2D eigenvalue weighted by Gasteiger charge is 2.55. The van der Waals surface area contributed by atoms with Crippen molar-refractivity contribution in [3.05, 3.63) is 65.5 Å². The second-order valence-corrected chi connectivity index (χ2v) is 11.4. The maximum Gasteiger partial charge on any atom is 0.369 e. The largest absolute Gasteiger partial charge is 0.369 e. The van der Waals surface area contributed by atoms with Crippen LogP contribution in [-0.4, -0.2) is 22.6 Å². The van der Waals surface area contributed by atoms with Crippen LogP contribution in [0.3, 0.4) is 0 Å². The van der Waals surface area contributed by atoms with Crippen LogP contribution in [0.1, 0.15) is 44.4 Å². The van der Waals surface area contributed by atoms with Gasteiger partial charge < -0.3 is 0 Å². The lowest BCUT2D eigenvalue weighted by molar-refractivity contribution is 0.0541. The van der Waals surface area contributed by atoms with Crippen LogP contribution in [0, 0.1) is 5.82 Å². The van der Waals surface area contributed by atoms with E-state index in [2.05, 4.69) is 0 Å².